The third-order valence-electron chi connectivity index (χ3n) is 5.23. The fourth-order valence-electron chi connectivity index (χ4n) is 4.09. The molecule has 0 amide bonds. The highest BCUT2D eigenvalue weighted by Gasteiger charge is 2.42. The van der Waals surface area contributed by atoms with Gasteiger partial charge in [0.1, 0.15) is 17.2 Å². The lowest BCUT2D eigenvalue weighted by Crippen LogP contribution is -2.30. The van der Waals surface area contributed by atoms with Crippen molar-refractivity contribution in [2.45, 2.75) is 18.9 Å². The second-order valence-electron chi connectivity index (χ2n) is 7.06. The number of fused-ring (bicyclic) bond motifs is 1. The zero-order valence-electron chi connectivity index (χ0n) is 14.0. The second-order valence-corrected chi connectivity index (χ2v) is 7.06. The van der Waals surface area contributed by atoms with Crippen LogP contribution in [-0.2, 0) is 0 Å². The summed E-state index contributed by atoms with van der Waals surface area (Å²) in [6, 6.07) is 13.1. The quantitative estimate of drug-likeness (QED) is 0.850. The number of carbonyl (C=O) groups is 1. The fourth-order valence-corrected chi connectivity index (χ4v) is 4.09. The molecule has 5 heteroatoms. The van der Waals surface area contributed by atoms with Crippen molar-refractivity contribution in [3.8, 4) is 11.5 Å². The van der Waals surface area contributed by atoms with Gasteiger partial charge in [-0.15, -0.1) is 0 Å². The van der Waals surface area contributed by atoms with Crippen LogP contribution >= 0.6 is 0 Å². The first-order valence-corrected chi connectivity index (χ1v) is 8.79. The van der Waals surface area contributed by atoms with E-state index in [1.54, 1.807) is 6.07 Å². The summed E-state index contributed by atoms with van der Waals surface area (Å²) in [7, 11) is 0. The molecule has 2 aliphatic rings. The van der Waals surface area contributed by atoms with Crippen molar-refractivity contribution in [3.63, 3.8) is 0 Å². The van der Waals surface area contributed by atoms with Gasteiger partial charge in [-0.05, 0) is 48.9 Å². The number of carbonyl (C=O) groups excluding carboxylic acids is 1. The van der Waals surface area contributed by atoms with Crippen molar-refractivity contribution in [2.75, 3.05) is 19.6 Å². The molecule has 1 saturated heterocycles. The third kappa shape index (κ3) is 3.66. The number of pyridine rings is 1. The summed E-state index contributed by atoms with van der Waals surface area (Å²) in [6.45, 7) is 2.29. The van der Waals surface area contributed by atoms with E-state index in [2.05, 4.69) is 9.88 Å². The molecule has 0 radical (unpaired) electrons. The number of para-hydroxylation sites is 1. The molecule has 1 saturated carbocycles. The number of ketones is 1. The van der Waals surface area contributed by atoms with Crippen LogP contribution in [0.15, 0.2) is 48.7 Å². The van der Waals surface area contributed by atoms with Gasteiger partial charge in [-0.25, -0.2) is 4.98 Å². The number of aromatic hydroxyl groups is 1. The summed E-state index contributed by atoms with van der Waals surface area (Å²) in [5.74, 6) is 2.25. The van der Waals surface area contributed by atoms with E-state index in [1.165, 1.54) is 12.3 Å². The van der Waals surface area contributed by atoms with Crippen LogP contribution in [0.1, 0.15) is 23.3 Å². The second kappa shape index (κ2) is 6.84. The first-order valence-electron chi connectivity index (χ1n) is 8.79. The maximum absolute atomic E-state index is 12.3. The lowest BCUT2D eigenvalue weighted by Gasteiger charge is -2.19. The van der Waals surface area contributed by atoms with E-state index in [-0.39, 0.29) is 17.6 Å². The van der Waals surface area contributed by atoms with Crippen molar-refractivity contribution in [1.29, 1.82) is 0 Å². The van der Waals surface area contributed by atoms with Gasteiger partial charge in [0.2, 0.25) is 0 Å². The number of aromatic nitrogens is 1. The first kappa shape index (κ1) is 16.1. The van der Waals surface area contributed by atoms with Crippen LogP contribution in [0.25, 0.3) is 0 Å². The number of hydrogen-bond acceptors (Lipinski definition) is 5. The number of benzene rings is 1. The Morgan fingerprint density at radius 3 is 2.48 bits per heavy atom. The van der Waals surface area contributed by atoms with Crippen LogP contribution in [0.4, 0.5) is 0 Å². The molecule has 2 heterocycles. The van der Waals surface area contributed by atoms with Crippen LogP contribution in [0.5, 0.6) is 11.5 Å². The Hall–Kier alpha value is -2.40. The van der Waals surface area contributed by atoms with Crippen LogP contribution < -0.4 is 4.74 Å². The van der Waals surface area contributed by atoms with Gasteiger partial charge in [0, 0.05) is 13.1 Å². The smallest absolute Gasteiger partial charge is 0.195 e. The van der Waals surface area contributed by atoms with E-state index in [1.807, 2.05) is 30.3 Å². The van der Waals surface area contributed by atoms with Gasteiger partial charge in [-0.1, -0.05) is 18.2 Å². The SMILES string of the molecule is O=C(CN1CC2CC(Oc3ccccc3)CC2C1)c1ccc(O)cn1. The number of nitrogens with zero attached hydrogens (tertiary/aromatic N) is 2. The van der Waals surface area contributed by atoms with Gasteiger partial charge in [0.15, 0.2) is 5.78 Å². The summed E-state index contributed by atoms with van der Waals surface area (Å²) in [5, 5.41) is 9.27. The average Bonchev–Trinajstić information content (AvgIpc) is 3.14. The molecule has 1 aromatic carbocycles. The Balaban J connectivity index is 1.29. The summed E-state index contributed by atoms with van der Waals surface area (Å²) < 4.78 is 6.09. The summed E-state index contributed by atoms with van der Waals surface area (Å²) in [4.78, 5) is 18.6. The summed E-state index contributed by atoms with van der Waals surface area (Å²) in [5.41, 5.74) is 0.417. The first-order chi connectivity index (χ1) is 12.2. The molecule has 1 aliphatic heterocycles. The van der Waals surface area contributed by atoms with Gasteiger partial charge in [-0.2, -0.15) is 0 Å². The van der Waals surface area contributed by atoms with Crippen molar-refractivity contribution < 1.29 is 14.6 Å². The summed E-state index contributed by atoms with van der Waals surface area (Å²) >= 11 is 0. The topological polar surface area (TPSA) is 62.7 Å². The molecule has 25 heavy (non-hydrogen) atoms. The van der Waals surface area contributed by atoms with Crippen molar-refractivity contribution >= 4 is 5.78 Å². The number of rotatable bonds is 5. The summed E-state index contributed by atoms with van der Waals surface area (Å²) in [6.07, 6.45) is 3.72. The number of hydrogen-bond donors (Lipinski definition) is 1. The Kier molecular flexibility index (Phi) is 4.40. The van der Waals surface area contributed by atoms with Gasteiger partial charge >= 0.3 is 0 Å². The molecule has 4 rings (SSSR count). The molecule has 1 aromatic heterocycles. The van der Waals surface area contributed by atoms with Gasteiger partial charge in [-0.3, -0.25) is 9.69 Å². The Bertz CT molecular complexity index is 718. The molecule has 2 unspecified atom stereocenters. The standard InChI is InChI=1S/C20H22N2O3/c23-16-6-7-19(21-10-16)20(24)13-22-11-14-8-18(9-15(14)12-22)25-17-4-2-1-3-5-17/h1-7,10,14-15,18,23H,8-9,11-13H2. The Morgan fingerprint density at radius 1 is 1.12 bits per heavy atom. The minimum absolute atomic E-state index is 0.0112. The highest BCUT2D eigenvalue weighted by molar-refractivity contribution is 5.95. The predicted octanol–water partition coefficient (Wildman–Crippen LogP) is 2.76. The maximum Gasteiger partial charge on any atom is 0.195 e. The van der Waals surface area contributed by atoms with E-state index in [4.69, 9.17) is 4.74 Å². The van der Waals surface area contributed by atoms with Crippen molar-refractivity contribution in [3.05, 3.63) is 54.4 Å². The molecular weight excluding hydrogens is 316 g/mol. The Labute approximate surface area is 147 Å². The molecule has 0 spiro atoms. The third-order valence-corrected chi connectivity index (χ3v) is 5.23. The maximum atomic E-state index is 12.3. The van der Waals surface area contributed by atoms with E-state index >= 15 is 0 Å². The molecule has 2 aromatic rings. The zero-order valence-corrected chi connectivity index (χ0v) is 14.0. The normalized spacial score (nSPS) is 25.7. The number of ether oxygens (including phenoxy) is 1. The largest absolute Gasteiger partial charge is 0.506 e. The molecule has 0 bridgehead atoms. The van der Waals surface area contributed by atoms with E-state index < -0.39 is 0 Å². The van der Waals surface area contributed by atoms with E-state index in [9.17, 15) is 9.90 Å². The fraction of sp³-hybridized carbons (Fsp3) is 0.400. The lowest BCUT2D eigenvalue weighted by molar-refractivity contribution is 0.0932. The lowest BCUT2D eigenvalue weighted by atomic mass is 10.0. The predicted molar refractivity (Wildman–Crippen MR) is 93.7 cm³/mol. The van der Waals surface area contributed by atoms with Gasteiger partial charge in [0.25, 0.3) is 0 Å². The number of Topliss-reactive ketones (excluding diaryl/α,β-unsaturated/α-hetero) is 1. The monoisotopic (exact) mass is 338 g/mol. The van der Waals surface area contributed by atoms with Crippen LogP contribution in [0, 0.1) is 11.8 Å². The highest BCUT2D eigenvalue weighted by atomic mass is 16.5. The zero-order chi connectivity index (χ0) is 17.2. The molecule has 1 aliphatic carbocycles. The number of likely N-dealkylation sites (tertiary alicyclic amines) is 1. The molecule has 2 atom stereocenters. The highest BCUT2D eigenvalue weighted by Crippen LogP contribution is 2.39. The van der Waals surface area contributed by atoms with Crippen molar-refractivity contribution in [2.24, 2.45) is 11.8 Å². The molecule has 1 N–H and O–H groups in total. The average molecular weight is 338 g/mol. The molecule has 2 fully saturated rings. The van der Waals surface area contributed by atoms with Crippen LogP contribution in [0.3, 0.4) is 0 Å². The minimum Gasteiger partial charge on any atom is -0.506 e. The minimum atomic E-state index is 0.0112. The van der Waals surface area contributed by atoms with E-state index in [0.717, 1.165) is 31.7 Å². The Morgan fingerprint density at radius 2 is 1.84 bits per heavy atom. The van der Waals surface area contributed by atoms with Gasteiger partial charge < -0.3 is 9.84 Å². The molecular formula is C20H22N2O3. The van der Waals surface area contributed by atoms with Crippen molar-refractivity contribution in [1.82, 2.24) is 9.88 Å². The molecule has 130 valence electrons. The van der Waals surface area contributed by atoms with Crippen LogP contribution in [-0.4, -0.2) is 46.5 Å². The van der Waals surface area contributed by atoms with E-state index in [0.29, 0.717) is 24.1 Å². The molecule has 5 nitrogen and oxygen atoms in total. The van der Waals surface area contributed by atoms with Gasteiger partial charge in [0.05, 0.1) is 18.8 Å². The van der Waals surface area contributed by atoms with Crippen LogP contribution in [0.2, 0.25) is 0 Å².